The molecule has 1 aliphatic carbocycles. The summed E-state index contributed by atoms with van der Waals surface area (Å²) < 4.78 is 0. The van der Waals surface area contributed by atoms with Gasteiger partial charge in [-0.25, -0.2) is 0 Å². The van der Waals surface area contributed by atoms with E-state index in [2.05, 4.69) is 42.9 Å². The lowest BCUT2D eigenvalue weighted by atomic mass is 9.83. The van der Waals surface area contributed by atoms with E-state index in [1.54, 1.807) is 0 Å². The Morgan fingerprint density at radius 1 is 1.20 bits per heavy atom. The molecule has 1 aromatic heterocycles. The second-order valence-electron chi connectivity index (χ2n) is 7.12. The van der Waals surface area contributed by atoms with Gasteiger partial charge in [-0.05, 0) is 50.3 Å². The van der Waals surface area contributed by atoms with E-state index in [0.717, 1.165) is 18.8 Å². The van der Waals surface area contributed by atoms with E-state index in [4.69, 9.17) is 5.73 Å². The summed E-state index contributed by atoms with van der Waals surface area (Å²) in [6.07, 6.45) is 8.12. The molecule has 0 aromatic carbocycles. The standard InChI is InChI=1S/C17H29N3/c1-16(2)8-6-9-17(14-18,11-10-16)20(3)13-15-7-4-5-12-19-15/h4-5,7,12H,6,8-11,13-14,18H2,1-3H3. The molecule has 3 heteroatoms. The molecule has 0 spiro atoms. The fourth-order valence-corrected chi connectivity index (χ4v) is 3.36. The maximum absolute atomic E-state index is 6.19. The minimum absolute atomic E-state index is 0.144. The lowest BCUT2D eigenvalue weighted by Crippen LogP contribution is -2.51. The van der Waals surface area contributed by atoms with Gasteiger partial charge in [-0.2, -0.15) is 0 Å². The van der Waals surface area contributed by atoms with Gasteiger partial charge in [0.25, 0.3) is 0 Å². The first-order valence-corrected chi connectivity index (χ1v) is 7.79. The molecule has 1 aliphatic rings. The molecule has 1 unspecified atom stereocenters. The monoisotopic (exact) mass is 275 g/mol. The zero-order valence-corrected chi connectivity index (χ0v) is 13.2. The Kier molecular flexibility index (Phi) is 4.82. The van der Waals surface area contributed by atoms with Crippen LogP contribution >= 0.6 is 0 Å². The van der Waals surface area contributed by atoms with Gasteiger partial charge in [-0.1, -0.05) is 26.3 Å². The van der Waals surface area contributed by atoms with Gasteiger partial charge in [0.1, 0.15) is 0 Å². The first-order valence-electron chi connectivity index (χ1n) is 7.79. The molecule has 0 radical (unpaired) electrons. The second kappa shape index (κ2) is 6.23. The normalized spacial score (nSPS) is 26.4. The van der Waals surface area contributed by atoms with E-state index in [1.807, 2.05) is 12.3 Å². The van der Waals surface area contributed by atoms with E-state index in [1.165, 1.54) is 32.1 Å². The SMILES string of the molecule is CN(Cc1ccccn1)C1(CN)CCCC(C)(C)CC1. The highest BCUT2D eigenvalue weighted by Gasteiger charge is 2.37. The Morgan fingerprint density at radius 3 is 2.65 bits per heavy atom. The average Bonchev–Trinajstić information content (AvgIpc) is 2.59. The summed E-state index contributed by atoms with van der Waals surface area (Å²) in [6, 6.07) is 6.12. The van der Waals surface area contributed by atoms with Crippen molar-refractivity contribution in [3.63, 3.8) is 0 Å². The van der Waals surface area contributed by atoms with Gasteiger partial charge in [-0.15, -0.1) is 0 Å². The van der Waals surface area contributed by atoms with Gasteiger partial charge >= 0.3 is 0 Å². The summed E-state index contributed by atoms with van der Waals surface area (Å²) in [5.41, 5.74) is 7.92. The van der Waals surface area contributed by atoms with Crippen LogP contribution in [0.3, 0.4) is 0 Å². The highest BCUT2D eigenvalue weighted by molar-refractivity contribution is 5.05. The Balaban J connectivity index is 2.09. The number of pyridine rings is 1. The minimum Gasteiger partial charge on any atom is -0.329 e. The third-order valence-electron chi connectivity index (χ3n) is 5.08. The molecule has 1 fully saturated rings. The summed E-state index contributed by atoms with van der Waals surface area (Å²) in [7, 11) is 2.21. The molecule has 0 saturated heterocycles. The Labute approximate surface area is 123 Å². The quantitative estimate of drug-likeness (QED) is 0.858. The van der Waals surface area contributed by atoms with Gasteiger partial charge in [0.15, 0.2) is 0 Å². The van der Waals surface area contributed by atoms with Crippen LogP contribution < -0.4 is 5.73 Å². The molecule has 1 saturated carbocycles. The molecule has 2 rings (SSSR count). The van der Waals surface area contributed by atoms with Gasteiger partial charge < -0.3 is 5.73 Å². The van der Waals surface area contributed by atoms with Crippen LogP contribution in [0.25, 0.3) is 0 Å². The van der Waals surface area contributed by atoms with Crippen molar-refractivity contribution < 1.29 is 0 Å². The summed E-state index contributed by atoms with van der Waals surface area (Å²) in [6.45, 7) is 6.40. The van der Waals surface area contributed by atoms with Crippen molar-refractivity contribution >= 4 is 0 Å². The van der Waals surface area contributed by atoms with E-state index >= 15 is 0 Å². The number of nitrogens with two attached hydrogens (primary N) is 1. The summed E-state index contributed by atoms with van der Waals surface area (Å²) in [5, 5.41) is 0. The van der Waals surface area contributed by atoms with Crippen LogP contribution in [0, 0.1) is 5.41 Å². The van der Waals surface area contributed by atoms with Gasteiger partial charge in [0.2, 0.25) is 0 Å². The van der Waals surface area contributed by atoms with Crippen molar-refractivity contribution in [2.45, 2.75) is 58.0 Å². The molecule has 3 nitrogen and oxygen atoms in total. The average molecular weight is 275 g/mol. The molecule has 0 aliphatic heterocycles. The van der Waals surface area contributed by atoms with Gasteiger partial charge in [0, 0.05) is 24.8 Å². The van der Waals surface area contributed by atoms with Crippen LogP contribution in [-0.4, -0.2) is 29.0 Å². The van der Waals surface area contributed by atoms with Gasteiger partial charge in [0.05, 0.1) is 5.69 Å². The predicted molar refractivity (Wildman–Crippen MR) is 84.4 cm³/mol. The Hall–Kier alpha value is -0.930. The van der Waals surface area contributed by atoms with E-state index in [0.29, 0.717) is 5.41 Å². The largest absolute Gasteiger partial charge is 0.329 e. The van der Waals surface area contributed by atoms with E-state index in [9.17, 15) is 0 Å². The van der Waals surface area contributed by atoms with Crippen molar-refractivity contribution in [1.29, 1.82) is 0 Å². The number of nitrogens with zero attached hydrogens (tertiary/aromatic N) is 2. The van der Waals surface area contributed by atoms with Crippen LogP contribution in [-0.2, 0) is 6.54 Å². The van der Waals surface area contributed by atoms with Crippen LogP contribution in [0.5, 0.6) is 0 Å². The highest BCUT2D eigenvalue weighted by atomic mass is 15.2. The molecular formula is C17H29N3. The van der Waals surface area contributed by atoms with Crippen LogP contribution in [0.15, 0.2) is 24.4 Å². The van der Waals surface area contributed by atoms with Crippen LogP contribution in [0.2, 0.25) is 0 Å². The predicted octanol–water partition coefficient (Wildman–Crippen LogP) is 3.20. The van der Waals surface area contributed by atoms with Crippen molar-refractivity contribution in [2.75, 3.05) is 13.6 Å². The van der Waals surface area contributed by atoms with Crippen molar-refractivity contribution in [1.82, 2.24) is 9.88 Å². The molecule has 1 heterocycles. The lowest BCUT2D eigenvalue weighted by Gasteiger charge is -2.41. The first kappa shape index (κ1) is 15.5. The molecule has 20 heavy (non-hydrogen) atoms. The molecule has 0 bridgehead atoms. The third kappa shape index (κ3) is 3.58. The van der Waals surface area contributed by atoms with Crippen molar-refractivity contribution in [2.24, 2.45) is 11.1 Å². The number of aromatic nitrogens is 1. The molecule has 2 N–H and O–H groups in total. The molecule has 1 aromatic rings. The molecule has 0 amide bonds. The smallest absolute Gasteiger partial charge is 0.0544 e. The van der Waals surface area contributed by atoms with Crippen molar-refractivity contribution in [3.8, 4) is 0 Å². The lowest BCUT2D eigenvalue weighted by molar-refractivity contribution is 0.0949. The number of likely N-dealkylation sites (N-methyl/N-ethyl adjacent to an activating group) is 1. The fourth-order valence-electron chi connectivity index (χ4n) is 3.36. The number of rotatable bonds is 4. The number of hydrogen-bond donors (Lipinski definition) is 1. The van der Waals surface area contributed by atoms with Crippen LogP contribution in [0.4, 0.5) is 0 Å². The minimum atomic E-state index is 0.144. The molecule has 112 valence electrons. The Bertz CT molecular complexity index is 416. The third-order valence-corrected chi connectivity index (χ3v) is 5.08. The first-order chi connectivity index (χ1) is 9.47. The fraction of sp³-hybridized carbons (Fsp3) is 0.706. The highest BCUT2D eigenvalue weighted by Crippen LogP contribution is 2.40. The summed E-state index contributed by atoms with van der Waals surface area (Å²) in [4.78, 5) is 6.89. The summed E-state index contributed by atoms with van der Waals surface area (Å²) >= 11 is 0. The zero-order valence-electron chi connectivity index (χ0n) is 13.2. The van der Waals surface area contributed by atoms with Crippen molar-refractivity contribution in [3.05, 3.63) is 30.1 Å². The topological polar surface area (TPSA) is 42.2 Å². The zero-order chi connectivity index (χ0) is 14.6. The Morgan fingerprint density at radius 2 is 2.00 bits per heavy atom. The van der Waals surface area contributed by atoms with Gasteiger partial charge in [-0.3, -0.25) is 9.88 Å². The maximum Gasteiger partial charge on any atom is 0.0544 e. The molecule has 1 atom stereocenters. The van der Waals surface area contributed by atoms with Crippen LogP contribution in [0.1, 0.15) is 51.6 Å². The summed E-state index contributed by atoms with van der Waals surface area (Å²) in [5.74, 6) is 0. The van der Waals surface area contributed by atoms with E-state index < -0.39 is 0 Å². The number of hydrogen-bond acceptors (Lipinski definition) is 3. The maximum atomic E-state index is 6.19. The second-order valence-corrected chi connectivity index (χ2v) is 7.12. The van der Waals surface area contributed by atoms with E-state index in [-0.39, 0.29) is 5.54 Å². The molecular weight excluding hydrogens is 246 g/mol.